The monoisotopic (exact) mass is 299 g/mol. The lowest BCUT2D eigenvalue weighted by Crippen LogP contribution is -2.42. The Morgan fingerprint density at radius 1 is 1.24 bits per heavy atom. The molecule has 0 spiro atoms. The fourth-order valence-corrected chi connectivity index (χ4v) is 3.15. The molecule has 0 aliphatic carbocycles. The Hall–Kier alpha value is -1.14. The fourth-order valence-electron chi connectivity index (χ4n) is 3.15. The number of hydrogen-bond donors (Lipinski definition) is 1. The van der Waals surface area contributed by atoms with Crippen LogP contribution in [-0.2, 0) is 19.1 Å². The molecule has 0 aromatic heterocycles. The van der Waals surface area contributed by atoms with Crippen LogP contribution in [0.4, 0.5) is 0 Å². The van der Waals surface area contributed by atoms with E-state index in [2.05, 4.69) is 0 Å². The predicted molar refractivity (Wildman–Crippen MR) is 75.9 cm³/mol. The molecule has 0 radical (unpaired) electrons. The molecule has 0 aromatic rings. The second kappa shape index (κ2) is 7.75. The van der Waals surface area contributed by atoms with Crippen LogP contribution in [0.15, 0.2) is 0 Å². The third-order valence-electron chi connectivity index (χ3n) is 4.38. The lowest BCUT2D eigenvalue weighted by atomic mass is 10.00. The molecule has 2 aliphatic rings. The highest BCUT2D eigenvalue weighted by Gasteiger charge is 2.37. The number of hydrogen-bond acceptors (Lipinski definition) is 4. The summed E-state index contributed by atoms with van der Waals surface area (Å²) < 4.78 is 10.5. The molecule has 2 heterocycles. The van der Waals surface area contributed by atoms with Crippen molar-refractivity contribution in [3.63, 3.8) is 0 Å². The summed E-state index contributed by atoms with van der Waals surface area (Å²) in [4.78, 5) is 25.3. The number of methoxy groups -OCH3 is 1. The minimum atomic E-state index is -0.973. The first-order valence-corrected chi connectivity index (χ1v) is 7.77. The summed E-state index contributed by atoms with van der Waals surface area (Å²) in [7, 11) is 1.69. The number of rotatable bonds is 5. The van der Waals surface area contributed by atoms with Gasteiger partial charge in [-0.1, -0.05) is 6.42 Å². The van der Waals surface area contributed by atoms with Gasteiger partial charge in [0.2, 0.25) is 0 Å². The summed E-state index contributed by atoms with van der Waals surface area (Å²) in [5.41, 5.74) is 0. The highest BCUT2D eigenvalue weighted by Crippen LogP contribution is 2.25. The number of carbonyl (C=O) groups excluding carboxylic acids is 1. The quantitative estimate of drug-likeness (QED) is 0.827. The summed E-state index contributed by atoms with van der Waals surface area (Å²) in [6, 6.07) is 0. The second-order valence-electron chi connectivity index (χ2n) is 5.96. The van der Waals surface area contributed by atoms with Gasteiger partial charge in [-0.05, 0) is 38.0 Å². The van der Waals surface area contributed by atoms with Gasteiger partial charge in [-0.25, -0.2) is 4.79 Å². The van der Waals surface area contributed by atoms with E-state index in [-0.39, 0.29) is 5.91 Å². The molecule has 2 fully saturated rings. The summed E-state index contributed by atoms with van der Waals surface area (Å²) in [6.45, 7) is 2.20. The van der Waals surface area contributed by atoms with E-state index in [0.717, 1.165) is 38.8 Å². The van der Waals surface area contributed by atoms with Crippen LogP contribution < -0.4 is 0 Å². The number of likely N-dealkylation sites (tertiary alicyclic amines) is 1. The Kier molecular flexibility index (Phi) is 5.99. The second-order valence-corrected chi connectivity index (χ2v) is 5.96. The fraction of sp³-hybridized carbons (Fsp3) is 0.867. The van der Waals surface area contributed by atoms with Crippen LogP contribution in [0.5, 0.6) is 0 Å². The van der Waals surface area contributed by atoms with Gasteiger partial charge < -0.3 is 19.5 Å². The van der Waals surface area contributed by atoms with Crippen LogP contribution in [0.3, 0.4) is 0 Å². The largest absolute Gasteiger partial charge is 0.479 e. The molecule has 0 aromatic carbocycles. The van der Waals surface area contributed by atoms with Gasteiger partial charge in [-0.3, -0.25) is 4.79 Å². The van der Waals surface area contributed by atoms with E-state index in [9.17, 15) is 9.59 Å². The van der Waals surface area contributed by atoms with Crippen LogP contribution in [0.1, 0.15) is 38.5 Å². The van der Waals surface area contributed by atoms with Crippen LogP contribution in [0, 0.1) is 5.92 Å². The molecule has 1 unspecified atom stereocenters. The van der Waals surface area contributed by atoms with Crippen molar-refractivity contribution in [2.75, 3.05) is 26.8 Å². The van der Waals surface area contributed by atoms with Crippen molar-refractivity contribution in [2.24, 2.45) is 5.92 Å². The van der Waals surface area contributed by atoms with Crippen molar-refractivity contribution in [2.45, 2.75) is 50.7 Å². The van der Waals surface area contributed by atoms with Crippen molar-refractivity contribution < 1.29 is 24.2 Å². The number of nitrogens with zero attached hydrogens (tertiary/aromatic N) is 1. The van der Waals surface area contributed by atoms with Gasteiger partial charge in [-0.2, -0.15) is 0 Å². The summed E-state index contributed by atoms with van der Waals surface area (Å²) in [5.74, 6) is -0.546. The van der Waals surface area contributed by atoms with Crippen LogP contribution >= 0.6 is 0 Å². The Labute approximate surface area is 125 Å². The van der Waals surface area contributed by atoms with Crippen molar-refractivity contribution in [1.82, 2.24) is 4.90 Å². The van der Waals surface area contributed by atoms with Gasteiger partial charge in [0.1, 0.15) is 6.10 Å². The molecule has 120 valence electrons. The van der Waals surface area contributed by atoms with Crippen molar-refractivity contribution >= 4 is 11.9 Å². The zero-order chi connectivity index (χ0) is 15.2. The standard InChI is InChI=1S/C15H25NO5/c1-20-9-7-11-4-2-3-8-16(10-11)14(17)12-5-6-13(21-12)15(18)19/h11-13H,2-10H2,1H3,(H,18,19)/t11?,12-,13+/m0/s1. The number of amides is 1. The molecule has 6 heteroatoms. The zero-order valence-corrected chi connectivity index (χ0v) is 12.6. The van der Waals surface area contributed by atoms with E-state index in [1.807, 2.05) is 4.90 Å². The van der Waals surface area contributed by atoms with Crippen molar-refractivity contribution in [3.8, 4) is 0 Å². The van der Waals surface area contributed by atoms with Gasteiger partial charge in [0.05, 0.1) is 0 Å². The number of carboxylic acids is 1. The third kappa shape index (κ3) is 4.41. The molecule has 0 bridgehead atoms. The van der Waals surface area contributed by atoms with Gasteiger partial charge in [0.15, 0.2) is 6.10 Å². The average molecular weight is 299 g/mol. The smallest absolute Gasteiger partial charge is 0.332 e. The van der Waals surface area contributed by atoms with E-state index >= 15 is 0 Å². The average Bonchev–Trinajstić information content (AvgIpc) is 2.85. The van der Waals surface area contributed by atoms with E-state index in [4.69, 9.17) is 14.6 Å². The van der Waals surface area contributed by atoms with E-state index < -0.39 is 18.2 Å². The number of carbonyl (C=O) groups is 2. The van der Waals surface area contributed by atoms with Crippen LogP contribution in [0.2, 0.25) is 0 Å². The molecule has 0 saturated carbocycles. The maximum absolute atomic E-state index is 12.5. The molecule has 2 aliphatic heterocycles. The van der Waals surface area contributed by atoms with E-state index in [1.54, 1.807) is 7.11 Å². The lowest BCUT2D eigenvalue weighted by Gasteiger charge is -2.27. The Morgan fingerprint density at radius 3 is 2.67 bits per heavy atom. The van der Waals surface area contributed by atoms with Crippen molar-refractivity contribution in [3.05, 3.63) is 0 Å². The first kappa shape index (κ1) is 16.2. The lowest BCUT2D eigenvalue weighted by molar-refractivity contribution is -0.155. The van der Waals surface area contributed by atoms with Gasteiger partial charge in [-0.15, -0.1) is 0 Å². The highest BCUT2D eigenvalue weighted by molar-refractivity contribution is 5.82. The number of carboxylic acid groups (broad SMARTS) is 1. The summed E-state index contributed by atoms with van der Waals surface area (Å²) in [6.07, 6.45) is 3.75. The third-order valence-corrected chi connectivity index (χ3v) is 4.38. The topological polar surface area (TPSA) is 76.1 Å². The molecular formula is C15H25NO5. The van der Waals surface area contributed by atoms with Gasteiger partial charge >= 0.3 is 5.97 Å². The molecule has 2 rings (SSSR count). The zero-order valence-electron chi connectivity index (χ0n) is 12.6. The van der Waals surface area contributed by atoms with Crippen LogP contribution in [0.25, 0.3) is 0 Å². The van der Waals surface area contributed by atoms with Crippen LogP contribution in [-0.4, -0.2) is 60.9 Å². The highest BCUT2D eigenvalue weighted by atomic mass is 16.5. The minimum Gasteiger partial charge on any atom is -0.479 e. The molecule has 21 heavy (non-hydrogen) atoms. The minimum absolute atomic E-state index is 0.0388. The van der Waals surface area contributed by atoms with Gasteiger partial charge in [0.25, 0.3) is 5.91 Å². The normalized spacial score (nSPS) is 30.1. The van der Waals surface area contributed by atoms with E-state index in [0.29, 0.717) is 25.4 Å². The summed E-state index contributed by atoms with van der Waals surface area (Å²) in [5, 5.41) is 8.94. The maximum atomic E-state index is 12.5. The SMILES string of the molecule is COCCC1CCCCN(C(=O)[C@@H]2CC[C@H](C(=O)O)O2)C1. The van der Waals surface area contributed by atoms with E-state index in [1.165, 1.54) is 0 Å². The molecule has 6 nitrogen and oxygen atoms in total. The van der Waals surface area contributed by atoms with Crippen molar-refractivity contribution in [1.29, 1.82) is 0 Å². The summed E-state index contributed by atoms with van der Waals surface area (Å²) >= 11 is 0. The Morgan fingerprint density at radius 2 is 2.00 bits per heavy atom. The molecule has 3 atom stereocenters. The Balaban J connectivity index is 1.89. The number of ether oxygens (including phenoxy) is 2. The first-order chi connectivity index (χ1) is 10.1. The molecule has 1 amide bonds. The molecule has 2 saturated heterocycles. The molecular weight excluding hydrogens is 274 g/mol. The van der Waals surface area contributed by atoms with Gasteiger partial charge in [0, 0.05) is 26.8 Å². The maximum Gasteiger partial charge on any atom is 0.332 e. The first-order valence-electron chi connectivity index (χ1n) is 7.77. The Bertz CT molecular complexity index is 373. The predicted octanol–water partition coefficient (Wildman–Crippen LogP) is 1.28. The molecule has 1 N–H and O–H groups in total. The number of aliphatic carboxylic acids is 1.